The highest BCUT2D eigenvalue weighted by Gasteiger charge is 2.29. The summed E-state index contributed by atoms with van der Waals surface area (Å²) in [5, 5.41) is 14.2. The van der Waals surface area contributed by atoms with Gasteiger partial charge in [0.25, 0.3) is 5.69 Å². The first-order valence-corrected chi connectivity index (χ1v) is 8.25. The average molecular weight is 329 g/mol. The molecule has 3 rings (SSSR count). The van der Waals surface area contributed by atoms with Crippen molar-refractivity contribution in [2.75, 3.05) is 33.2 Å². The molecule has 2 aliphatic heterocycles. The van der Waals surface area contributed by atoms with E-state index in [2.05, 4.69) is 32.3 Å². The fraction of sp³-hybridized carbons (Fsp3) is 0.471. The Balaban J connectivity index is 1.56. The van der Waals surface area contributed by atoms with Crippen LogP contribution < -0.4 is 5.32 Å². The molecule has 1 unspecified atom stereocenters. The van der Waals surface area contributed by atoms with Crippen molar-refractivity contribution < 1.29 is 4.92 Å². The largest absolute Gasteiger partial charge is 0.352 e. The van der Waals surface area contributed by atoms with Crippen LogP contribution in [-0.2, 0) is 6.54 Å². The normalized spacial score (nSPS) is 21.5. The van der Waals surface area contributed by atoms with Crippen LogP contribution in [0.15, 0.2) is 41.4 Å². The number of benzene rings is 1. The second kappa shape index (κ2) is 7.44. The molecule has 0 amide bonds. The highest BCUT2D eigenvalue weighted by molar-refractivity contribution is 5.80. The number of guanidine groups is 1. The summed E-state index contributed by atoms with van der Waals surface area (Å²) in [6.07, 6.45) is 5.58. The Hall–Kier alpha value is -2.41. The van der Waals surface area contributed by atoms with Crippen LogP contribution >= 0.6 is 0 Å². The first-order chi connectivity index (χ1) is 11.7. The summed E-state index contributed by atoms with van der Waals surface area (Å²) in [5.74, 6) is 0.858. The van der Waals surface area contributed by atoms with Crippen molar-refractivity contribution in [2.45, 2.75) is 19.0 Å². The van der Waals surface area contributed by atoms with Crippen LogP contribution in [0, 0.1) is 10.1 Å². The summed E-state index contributed by atoms with van der Waals surface area (Å²) in [7, 11) is 1.78. The van der Waals surface area contributed by atoms with E-state index in [0.29, 0.717) is 12.6 Å². The summed E-state index contributed by atoms with van der Waals surface area (Å²) in [6, 6.07) is 7.27. The molecule has 1 atom stereocenters. The summed E-state index contributed by atoms with van der Waals surface area (Å²) in [4.78, 5) is 19.6. The van der Waals surface area contributed by atoms with E-state index in [1.807, 2.05) is 6.07 Å². The van der Waals surface area contributed by atoms with Crippen molar-refractivity contribution in [2.24, 2.45) is 4.99 Å². The fourth-order valence-corrected chi connectivity index (χ4v) is 3.32. The topological polar surface area (TPSA) is 74.0 Å². The summed E-state index contributed by atoms with van der Waals surface area (Å²) in [6.45, 7) is 4.56. The summed E-state index contributed by atoms with van der Waals surface area (Å²) in [5.41, 5.74) is 0.997. The number of hydrogen-bond donors (Lipinski definition) is 1. The van der Waals surface area contributed by atoms with Gasteiger partial charge in [0.2, 0.25) is 0 Å². The van der Waals surface area contributed by atoms with Gasteiger partial charge in [0.1, 0.15) is 0 Å². The zero-order chi connectivity index (χ0) is 16.9. The predicted molar refractivity (Wildman–Crippen MR) is 94.0 cm³/mol. The zero-order valence-corrected chi connectivity index (χ0v) is 13.9. The van der Waals surface area contributed by atoms with Crippen molar-refractivity contribution in [3.8, 4) is 0 Å². The van der Waals surface area contributed by atoms with Gasteiger partial charge in [0, 0.05) is 57.9 Å². The maximum atomic E-state index is 10.9. The molecule has 2 aliphatic rings. The third-order valence-electron chi connectivity index (χ3n) is 4.61. The Kier molecular flexibility index (Phi) is 5.10. The van der Waals surface area contributed by atoms with E-state index in [1.54, 1.807) is 19.2 Å². The first kappa shape index (κ1) is 16.4. The number of aliphatic imine (C=N–C) groups is 1. The molecule has 1 saturated heterocycles. The monoisotopic (exact) mass is 329 g/mol. The Morgan fingerprint density at radius 1 is 1.42 bits per heavy atom. The standard InChI is InChI=1S/C17H23N5O2/c1-18-17(19-12-14-5-4-6-15(11-14)22(23)24)21-10-7-16(13-21)20-8-2-3-9-20/h2-6,11,16H,7-10,12-13H2,1H3,(H,18,19). The molecule has 0 bridgehead atoms. The molecular weight excluding hydrogens is 306 g/mol. The lowest BCUT2D eigenvalue weighted by atomic mass is 10.2. The van der Waals surface area contributed by atoms with Gasteiger partial charge in [-0.15, -0.1) is 0 Å². The third-order valence-corrected chi connectivity index (χ3v) is 4.61. The van der Waals surface area contributed by atoms with Crippen molar-refractivity contribution in [1.29, 1.82) is 0 Å². The number of nitro benzene ring substituents is 1. The minimum Gasteiger partial charge on any atom is -0.352 e. The number of non-ortho nitro benzene ring substituents is 1. The molecule has 1 aromatic rings. The third kappa shape index (κ3) is 3.73. The zero-order valence-electron chi connectivity index (χ0n) is 13.9. The van der Waals surface area contributed by atoms with Crippen molar-refractivity contribution in [3.63, 3.8) is 0 Å². The molecule has 24 heavy (non-hydrogen) atoms. The molecule has 128 valence electrons. The lowest BCUT2D eigenvalue weighted by molar-refractivity contribution is -0.384. The molecule has 0 radical (unpaired) electrons. The van der Waals surface area contributed by atoms with Gasteiger partial charge in [-0.05, 0) is 12.0 Å². The molecular formula is C17H23N5O2. The second-order valence-electron chi connectivity index (χ2n) is 6.14. The van der Waals surface area contributed by atoms with Crippen LogP contribution in [0.25, 0.3) is 0 Å². The predicted octanol–water partition coefficient (Wildman–Crippen LogP) is 1.62. The average Bonchev–Trinajstić information content (AvgIpc) is 3.27. The molecule has 7 nitrogen and oxygen atoms in total. The van der Waals surface area contributed by atoms with E-state index in [9.17, 15) is 10.1 Å². The minimum atomic E-state index is -0.368. The maximum Gasteiger partial charge on any atom is 0.269 e. The SMILES string of the molecule is CN=C(NCc1cccc([N+](=O)[O-])c1)N1CCC(N2CC=CC2)C1. The van der Waals surface area contributed by atoms with Gasteiger partial charge in [-0.1, -0.05) is 24.3 Å². The van der Waals surface area contributed by atoms with Crippen LogP contribution in [0.4, 0.5) is 5.69 Å². The van der Waals surface area contributed by atoms with E-state index in [-0.39, 0.29) is 10.6 Å². The summed E-state index contributed by atoms with van der Waals surface area (Å²) >= 11 is 0. The lowest BCUT2D eigenvalue weighted by Gasteiger charge is -2.25. The molecule has 1 aromatic carbocycles. The van der Waals surface area contributed by atoms with Crippen LogP contribution in [0.1, 0.15) is 12.0 Å². The second-order valence-corrected chi connectivity index (χ2v) is 6.14. The highest BCUT2D eigenvalue weighted by Crippen LogP contribution is 2.18. The number of nitrogens with zero attached hydrogens (tertiary/aromatic N) is 4. The quantitative estimate of drug-likeness (QED) is 0.299. The van der Waals surface area contributed by atoms with Crippen molar-refractivity contribution in [1.82, 2.24) is 15.1 Å². The molecule has 0 aliphatic carbocycles. The molecule has 0 spiro atoms. The Morgan fingerprint density at radius 2 is 2.21 bits per heavy atom. The molecule has 0 aromatic heterocycles. The maximum absolute atomic E-state index is 10.9. The summed E-state index contributed by atoms with van der Waals surface area (Å²) < 4.78 is 0. The van der Waals surface area contributed by atoms with Crippen molar-refractivity contribution in [3.05, 3.63) is 52.1 Å². The Labute approximate surface area is 141 Å². The number of rotatable bonds is 4. The number of nitrogens with one attached hydrogen (secondary N) is 1. The molecule has 1 N–H and O–H groups in total. The van der Waals surface area contributed by atoms with Gasteiger partial charge in [0.15, 0.2) is 5.96 Å². The fourth-order valence-electron chi connectivity index (χ4n) is 3.32. The van der Waals surface area contributed by atoms with Crippen LogP contribution in [0.3, 0.4) is 0 Å². The van der Waals surface area contributed by atoms with Crippen molar-refractivity contribution >= 4 is 11.6 Å². The van der Waals surface area contributed by atoms with E-state index >= 15 is 0 Å². The van der Waals surface area contributed by atoms with Gasteiger partial charge in [-0.3, -0.25) is 20.0 Å². The number of hydrogen-bond acceptors (Lipinski definition) is 4. The van der Waals surface area contributed by atoms with Gasteiger partial charge in [-0.2, -0.15) is 0 Å². The minimum absolute atomic E-state index is 0.118. The molecule has 1 fully saturated rings. The number of likely N-dealkylation sites (tertiary alicyclic amines) is 1. The molecule has 2 heterocycles. The number of nitro groups is 1. The Bertz CT molecular complexity index is 650. The van der Waals surface area contributed by atoms with Gasteiger partial charge in [0.05, 0.1) is 4.92 Å². The van der Waals surface area contributed by atoms with E-state index in [1.165, 1.54) is 6.07 Å². The molecule has 0 saturated carbocycles. The van der Waals surface area contributed by atoms with E-state index in [0.717, 1.165) is 44.1 Å². The van der Waals surface area contributed by atoms with Gasteiger partial charge >= 0.3 is 0 Å². The van der Waals surface area contributed by atoms with Crippen LogP contribution in [-0.4, -0.2) is 60.0 Å². The van der Waals surface area contributed by atoms with Crippen LogP contribution in [0.2, 0.25) is 0 Å². The highest BCUT2D eigenvalue weighted by atomic mass is 16.6. The van der Waals surface area contributed by atoms with E-state index in [4.69, 9.17) is 0 Å². The Morgan fingerprint density at radius 3 is 2.92 bits per heavy atom. The van der Waals surface area contributed by atoms with E-state index < -0.39 is 0 Å². The first-order valence-electron chi connectivity index (χ1n) is 8.25. The van der Waals surface area contributed by atoms with Gasteiger partial charge < -0.3 is 10.2 Å². The molecule has 7 heteroatoms. The smallest absolute Gasteiger partial charge is 0.269 e. The van der Waals surface area contributed by atoms with Crippen LogP contribution in [0.5, 0.6) is 0 Å². The van der Waals surface area contributed by atoms with Gasteiger partial charge in [-0.25, -0.2) is 0 Å². The lowest BCUT2D eigenvalue weighted by Crippen LogP contribution is -2.42.